The molecular formula is C26H23Cl2N3. The van der Waals surface area contributed by atoms with Gasteiger partial charge in [0.25, 0.3) is 0 Å². The zero-order valence-corrected chi connectivity index (χ0v) is 19.2. The van der Waals surface area contributed by atoms with Crippen LogP contribution in [0, 0.1) is 0 Å². The van der Waals surface area contributed by atoms with Crippen molar-refractivity contribution in [3.05, 3.63) is 94.1 Å². The highest BCUT2D eigenvalue weighted by atomic mass is 35.5. The van der Waals surface area contributed by atoms with Gasteiger partial charge in [-0.1, -0.05) is 86.4 Å². The predicted octanol–water partition coefficient (Wildman–Crippen LogP) is 7.61. The van der Waals surface area contributed by atoms with Crippen LogP contribution in [-0.4, -0.2) is 14.0 Å². The molecule has 0 atom stereocenters. The fourth-order valence-electron chi connectivity index (χ4n) is 3.99. The summed E-state index contributed by atoms with van der Waals surface area (Å²) in [6.07, 6.45) is 2.07. The van der Waals surface area contributed by atoms with Crippen LogP contribution in [0.5, 0.6) is 0 Å². The molecule has 2 heterocycles. The molecule has 0 radical (unpaired) electrons. The zero-order chi connectivity index (χ0) is 21.8. The van der Waals surface area contributed by atoms with Crippen LogP contribution in [0.25, 0.3) is 28.1 Å². The number of nitrogens with zero attached hydrogens (tertiary/aromatic N) is 3. The first-order valence-electron chi connectivity index (χ1n) is 10.3. The van der Waals surface area contributed by atoms with Crippen LogP contribution >= 0.6 is 23.2 Å². The first-order valence-corrected chi connectivity index (χ1v) is 11.1. The van der Waals surface area contributed by atoms with Gasteiger partial charge in [0.2, 0.25) is 5.78 Å². The molecule has 0 aliphatic carbocycles. The average Bonchev–Trinajstić information content (AvgIpc) is 3.29. The molecule has 5 rings (SSSR count). The topological polar surface area (TPSA) is 22.2 Å². The molecule has 156 valence electrons. The van der Waals surface area contributed by atoms with Crippen LogP contribution in [0.3, 0.4) is 0 Å². The van der Waals surface area contributed by atoms with E-state index in [1.165, 1.54) is 11.1 Å². The minimum Gasteiger partial charge on any atom is -0.305 e. The Labute approximate surface area is 191 Å². The van der Waals surface area contributed by atoms with Crippen molar-refractivity contribution < 1.29 is 0 Å². The van der Waals surface area contributed by atoms with E-state index in [4.69, 9.17) is 28.2 Å². The van der Waals surface area contributed by atoms with Crippen LogP contribution in [0.4, 0.5) is 0 Å². The molecule has 0 bridgehead atoms. The molecule has 0 amide bonds. The number of aromatic nitrogens is 3. The van der Waals surface area contributed by atoms with Crippen molar-refractivity contribution >= 4 is 40.0 Å². The Balaban J connectivity index is 1.62. The molecule has 0 saturated heterocycles. The van der Waals surface area contributed by atoms with Crippen LogP contribution in [0.2, 0.25) is 10.0 Å². The first-order chi connectivity index (χ1) is 14.8. The van der Waals surface area contributed by atoms with Gasteiger partial charge in [-0.3, -0.25) is 4.40 Å². The molecular weight excluding hydrogens is 425 g/mol. The van der Waals surface area contributed by atoms with E-state index in [1.54, 1.807) is 0 Å². The summed E-state index contributed by atoms with van der Waals surface area (Å²) in [4.78, 5) is 4.97. The average molecular weight is 448 g/mol. The molecule has 0 saturated carbocycles. The van der Waals surface area contributed by atoms with Crippen molar-refractivity contribution in [1.29, 1.82) is 0 Å². The summed E-state index contributed by atoms with van der Waals surface area (Å²) in [6.45, 7) is 7.46. The van der Waals surface area contributed by atoms with Gasteiger partial charge in [-0.05, 0) is 40.8 Å². The van der Waals surface area contributed by atoms with E-state index in [2.05, 4.69) is 84.5 Å². The SMILES string of the molecule is CC(C)(C)c1ccc(Cn2c3ccccc3n3cc(-c4ccc(Cl)c(Cl)c4)nc23)cc1. The van der Waals surface area contributed by atoms with E-state index in [0.29, 0.717) is 10.0 Å². The highest BCUT2D eigenvalue weighted by Crippen LogP contribution is 2.31. The van der Waals surface area contributed by atoms with Gasteiger partial charge in [-0.15, -0.1) is 0 Å². The number of para-hydroxylation sites is 2. The van der Waals surface area contributed by atoms with Gasteiger partial charge in [0.05, 0.1) is 33.3 Å². The summed E-state index contributed by atoms with van der Waals surface area (Å²) < 4.78 is 4.42. The minimum atomic E-state index is 0.143. The number of imidazole rings is 2. The lowest BCUT2D eigenvalue weighted by Gasteiger charge is -2.19. The standard InChI is InChI=1S/C26H23Cl2N3/c1-26(2,3)19-11-8-17(9-12-19)15-30-23-6-4-5-7-24(23)31-16-22(29-25(30)31)18-10-13-20(27)21(28)14-18/h4-14,16H,15H2,1-3H3. The van der Waals surface area contributed by atoms with Crippen LogP contribution in [0.15, 0.2) is 72.9 Å². The molecule has 2 aromatic heterocycles. The smallest absolute Gasteiger partial charge is 0.215 e. The largest absolute Gasteiger partial charge is 0.305 e. The summed E-state index contributed by atoms with van der Waals surface area (Å²) in [6, 6.07) is 22.9. The Bertz CT molecular complexity index is 1400. The maximum absolute atomic E-state index is 6.24. The fraction of sp³-hybridized carbons (Fsp3) is 0.192. The number of fused-ring (bicyclic) bond motifs is 3. The summed E-state index contributed by atoms with van der Waals surface area (Å²) >= 11 is 12.3. The molecule has 3 aromatic carbocycles. The Morgan fingerprint density at radius 2 is 1.55 bits per heavy atom. The second kappa shape index (κ2) is 7.44. The number of rotatable bonds is 3. The van der Waals surface area contributed by atoms with Gasteiger partial charge in [-0.25, -0.2) is 4.98 Å². The van der Waals surface area contributed by atoms with Crippen molar-refractivity contribution in [3.63, 3.8) is 0 Å². The number of hydrogen-bond donors (Lipinski definition) is 0. The molecule has 0 spiro atoms. The van der Waals surface area contributed by atoms with Crippen molar-refractivity contribution in [2.24, 2.45) is 0 Å². The number of benzene rings is 3. The highest BCUT2D eigenvalue weighted by molar-refractivity contribution is 6.42. The Hall–Kier alpha value is -2.75. The Morgan fingerprint density at radius 1 is 0.839 bits per heavy atom. The maximum Gasteiger partial charge on any atom is 0.215 e. The fourth-order valence-corrected chi connectivity index (χ4v) is 4.28. The van der Waals surface area contributed by atoms with Gasteiger partial charge in [0, 0.05) is 11.8 Å². The van der Waals surface area contributed by atoms with E-state index in [-0.39, 0.29) is 5.41 Å². The van der Waals surface area contributed by atoms with Crippen molar-refractivity contribution in [2.45, 2.75) is 32.7 Å². The molecule has 31 heavy (non-hydrogen) atoms. The molecule has 0 N–H and O–H groups in total. The van der Waals surface area contributed by atoms with E-state index in [1.807, 2.05) is 18.2 Å². The van der Waals surface area contributed by atoms with Crippen LogP contribution < -0.4 is 0 Å². The molecule has 0 aliphatic heterocycles. The maximum atomic E-state index is 6.24. The normalized spacial score (nSPS) is 12.2. The first kappa shape index (κ1) is 20.2. The minimum absolute atomic E-state index is 0.143. The molecule has 3 nitrogen and oxygen atoms in total. The molecule has 0 unspecified atom stereocenters. The summed E-state index contributed by atoms with van der Waals surface area (Å²) in [5.41, 5.74) is 6.83. The third-order valence-electron chi connectivity index (χ3n) is 5.74. The lowest BCUT2D eigenvalue weighted by Crippen LogP contribution is -2.11. The van der Waals surface area contributed by atoms with E-state index in [0.717, 1.165) is 34.6 Å². The zero-order valence-electron chi connectivity index (χ0n) is 17.7. The van der Waals surface area contributed by atoms with Crippen molar-refractivity contribution in [3.8, 4) is 11.3 Å². The lowest BCUT2D eigenvalue weighted by molar-refractivity contribution is 0.590. The van der Waals surface area contributed by atoms with Gasteiger partial charge in [0.1, 0.15) is 0 Å². The summed E-state index contributed by atoms with van der Waals surface area (Å²) in [5.74, 6) is 0.905. The van der Waals surface area contributed by atoms with Gasteiger partial charge >= 0.3 is 0 Å². The van der Waals surface area contributed by atoms with Crippen molar-refractivity contribution in [1.82, 2.24) is 14.0 Å². The van der Waals surface area contributed by atoms with Crippen LogP contribution in [0.1, 0.15) is 31.9 Å². The summed E-state index contributed by atoms with van der Waals surface area (Å²) in [7, 11) is 0. The van der Waals surface area contributed by atoms with E-state index >= 15 is 0 Å². The Morgan fingerprint density at radius 3 is 2.23 bits per heavy atom. The highest BCUT2D eigenvalue weighted by Gasteiger charge is 2.17. The second-order valence-electron chi connectivity index (χ2n) is 8.95. The lowest BCUT2D eigenvalue weighted by atomic mass is 9.87. The Kier molecular flexibility index (Phi) is 4.84. The molecule has 0 fully saturated rings. The van der Waals surface area contributed by atoms with E-state index in [9.17, 15) is 0 Å². The molecule has 5 aromatic rings. The van der Waals surface area contributed by atoms with Crippen molar-refractivity contribution in [2.75, 3.05) is 0 Å². The van der Waals surface area contributed by atoms with Gasteiger partial charge in [-0.2, -0.15) is 0 Å². The quantitative estimate of drug-likeness (QED) is 0.278. The molecule has 0 aliphatic rings. The number of halogens is 2. The summed E-state index contributed by atoms with van der Waals surface area (Å²) in [5, 5.41) is 1.08. The third kappa shape index (κ3) is 3.62. The second-order valence-corrected chi connectivity index (χ2v) is 9.76. The third-order valence-corrected chi connectivity index (χ3v) is 6.48. The molecule has 5 heteroatoms. The number of hydrogen-bond acceptors (Lipinski definition) is 1. The van der Waals surface area contributed by atoms with Gasteiger partial charge in [0.15, 0.2) is 0 Å². The van der Waals surface area contributed by atoms with E-state index < -0.39 is 0 Å². The van der Waals surface area contributed by atoms with Crippen LogP contribution in [-0.2, 0) is 12.0 Å². The predicted molar refractivity (Wildman–Crippen MR) is 130 cm³/mol. The monoisotopic (exact) mass is 447 g/mol. The van der Waals surface area contributed by atoms with Gasteiger partial charge < -0.3 is 4.57 Å².